The Labute approximate surface area is 145 Å². The molecule has 24 heavy (non-hydrogen) atoms. The van der Waals surface area contributed by atoms with E-state index >= 15 is 0 Å². The van der Waals surface area contributed by atoms with Crippen LogP contribution in [-0.2, 0) is 23.8 Å². The van der Waals surface area contributed by atoms with Crippen LogP contribution >= 0.6 is 0 Å². The van der Waals surface area contributed by atoms with E-state index < -0.39 is 10.8 Å². The SMILES string of the molecule is C[S@@](=O)c1ccc(CNC(=O)N[C@@H]2CCCc3ccccc32)cc1. The minimum absolute atomic E-state index is 0.0832. The molecule has 0 bridgehead atoms. The third-order valence-corrected chi connectivity index (χ3v) is 5.32. The number of carbonyl (C=O) groups is 1. The molecule has 0 aliphatic heterocycles. The molecule has 0 unspecified atom stereocenters. The van der Waals surface area contributed by atoms with Crippen molar-refractivity contribution in [3.8, 4) is 0 Å². The number of rotatable bonds is 4. The summed E-state index contributed by atoms with van der Waals surface area (Å²) in [4.78, 5) is 13.0. The number of hydrogen-bond acceptors (Lipinski definition) is 2. The first-order valence-electron chi connectivity index (χ1n) is 8.18. The third kappa shape index (κ3) is 4.03. The number of amides is 2. The van der Waals surface area contributed by atoms with Crippen LogP contribution in [0, 0.1) is 0 Å². The second-order valence-electron chi connectivity index (χ2n) is 6.07. The average molecular weight is 342 g/mol. The molecular weight excluding hydrogens is 320 g/mol. The molecule has 0 radical (unpaired) electrons. The molecule has 0 saturated carbocycles. The molecule has 0 aromatic heterocycles. The fourth-order valence-electron chi connectivity index (χ4n) is 3.09. The Balaban J connectivity index is 1.56. The fraction of sp³-hybridized carbons (Fsp3) is 0.316. The second-order valence-corrected chi connectivity index (χ2v) is 7.45. The van der Waals surface area contributed by atoms with Crippen LogP contribution in [0.1, 0.15) is 35.6 Å². The van der Waals surface area contributed by atoms with Gasteiger partial charge in [-0.1, -0.05) is 36.4 Å². The summed E-state index contributed by atoms with van der Waals surface area (Å²) in [6.07, 6.45) is 4.81. The van der Waals surface area contributed by atoms with E-state index in [0.717, 1.165) is 29.7 Å². The Morgan fingerprint density at radius 3 is 2.67 bits per heavy atom. The molecule has 2 aromatic rings. The number of hydrogen-bond donors (Lipinski definition) is 2. The lowest BCUT2D eigenvalue weighted by Crippen LogP contribution is -2.38. The summed E-state index contributed by atoms with van der Waals surface area (Å²) in [7, 11) is -0.976. The van der Waals surface area contributed by atoms with E-state index in [1.807, 2.05) is 36.4 Å². The molecule has 1 aliphatic rings. The monoisotopic (exact) mass is 342 g/mol. The average Bonchev–Trinajstić information content (AvgIpc) is 2.61. The third-order valence-electron chi connectivity index (χ3n) is 4.38. The van der Waals surface area contributed by atoms with Crippen LogP contribution in [0.4, 0.5) is 4.79 Å². The topological polar surface area (TPSA) is 58.2 Å². The molecule has 2 N–H and O–H groups in total. The summed E-state index contributed by atoms with van der Waals surface area (Å²) in [5.41, 5.74) is 3.55. The molecule has 3 rings (SSSR count). The predicted molar refractivity (Wildman–Crippen MR) is 96.3 cm³/mol. The highest BCUT2D eigenvalue weighted by Crippen LogP contribution is 2.29. The first-order valence-corrected chi connectivity index (χ1v) is 9.74. The minimum atomic E-state index is -0.976. The first kappa shape index (κ1) is 16.7. The molecule has 2 amide bonds. The largest absolute Gasteiger partial charge is 0.334 e. The maximum Gasteiger partial charge on any atom is 0.315 e. The van der Waals surface area contributed by atoms with E-state index in [4.69, 9.17) is 0 Å². The fourth-order valence-corrected chi connectivity index (χ4v) is 3.61. The molecular formula is C19H22N2O2S. The minimum Gasteiger partial charge on any atom is -0.334 e. The lowest BCUT2D eigenvalue weighted by Gasteiger charge is -2.26. The molecule has 2 atom stereocenters. The van der Waals surface area contributed by atoms with Gasteiger partial charge in [-0.3, -0.25) is 4.21 Å². The highest BCUT2D eigenvalue weighted by Gasteiger charge is 2.21. The van der Waals surface area contributed by atoms with Gasteiger partial charge in [0.05, 0.1) is 6.04 Å². The van der Waals surface area contributed by atoms with Gasteiger partial charge in [0.15, 0.2) is 0 Å². The molecule has 126 valence electrons. The van der Waals surface area contributed by atoms with Crippen molar-refractivity contribution in [2.75, 3.05) is 6.26 Å². The summed E-state index contributed by atoms with van der Waals surface area (Å²) in [5, 5.41) is 5.98. The zero-order chi connectivity index (χ0) is 16.9. The van der Waals surface area contributed by atoms with Crippen molar-refractivity contribution < 1.29 is 9.00 Å². The van der Waals surface area contributed by atoms with Crippen molar-refractivity contribution >= 4 is 16.8 Å². The Bertz CT molecular complexity index is 743. The van der Waals surface area contributed by atoms with Crippen LogP contribution in [0.3, 0.4) is 0 Å². The number of carbonyl (C=O) groups excluding carboxylic acids is 1. The van der Waals surface area contributed by atoms with Gasteiger partial charge >= 0.3 is 6.03 Å². The summed E-state index contributed by atoms with van der Waals surface area (Å²) in [6, 6.07) is 15.7. The number of aryl methyl sites for hydroxylation is 1. The van der Waals surface area contributed by atoms with Crippen LogP contribution < -0.4 is 10.6 Å². The summed E-state index contributed by atoms with van der Waals surface area (Å²) in [6.45, 7) is 0.455. The number of nitrogens with one attached hydrogen (secondary N) is 2. The van der Waals surface area contributed by atoms with E-state index in [2.05, 4.69) is 22.8 Å². The van der Waals surface area contributed by atoms with Crippen molar-refractivity contribution in [1.29, 1.82) is 0 Å². The number of urea groups is 1. The van der Waals surface area contributed by atoms with Gasteiger partial charge in [-0.05, 0) is 48.1 Å². The Hall–Kier alpha value is -2.14. The standard InChI is InChI=1S/C19H22N2O2S/c1-24(23)16-11-9-14(10-12-16)13-20-19(22)21-18-8-4-6-15-5-2-3-7-17(15)18/h2-3,5,7,9-12,18H,4,6,8,13H2,1H3,(H2,20,21,22)/t18-,24-/m1/s1. The molecule has 0 spiro atoms. The van der Waals surface area contributed by atoms with Crippen molar-refractivity contribution in [2.45, 2.75) is 36.7 Å². The quantitative estimate of drug-likeness (QED) is 0.896. The van der Waals surface area contributed by atoms with E-state index in [1.54, 1.807) is 6.26 Å². The molecule has 0 heterocycles. The zero-order valence-electron chi connectivity index (χ0n) is 13.7. The molecule has 1 aliphatic carbocycles. The number of benzene rings is 2. The van der Waals surface area contributed by atoms with Crippen molar-refractivity contribution in [1.82, 2.24) is 10.6 Å². The van der Waals surface area contributed by atoms with Crippen molar-refractivity contribution in [2.24, 2.45) is 0 Å². The van der Waals surface area contributed by atoms with E-state index in [0.29, 0.717) is 6.54 Å². The van der Waals surface area contributed by atoms with E-state index in [-0.39, 0.29) is 12.1 Å². The summed E-state index contributed by atoms with van der Waals surface area (Å²) < 4.78 is 11.4. The lowest BCUT2D eigenvalue weighted by atomic mass is 9.88. The molecule has 0 fully saturated rings. The van der Waals surface area contributed by atoms with Gasteiger partial charge in [0.25, 0.3) is 0 Å². The first-order chi connectivity index (χ1) is 11.6. The van der Waals surface area contributed by atoms with Crippen molar-refractivity contribution in [3.63, 3.8) is 0 Å². The van der Waals surface area contributed by atoms with E-state index in [9.17, 15) is 9.00 Å². The molecule has 4 nitrogen and oxygen atoms in total. The smallest absolute Gasteiger partial charge is 0.315 e. The number of fused-ring (bicyclic) bond motifs is 1. The van der Waals surface area contributed by atoms with Crippen molar-refractivity contribution in [3.05, 3.63) is 65.2 Å². The highest BCUT2D eigenvalue weighted by molar-refractivity contribution is 7.84. The maximum atomic E-state index is 12.2. The van der Waals surface area contributed by atoms with Gasteiger partial charge in [-0.15, -0.1) is 0 Å². The van der Waals surface area contributed by atoms with Gasteiger partial charge in [-0.2, -0.15) is 0 Å². The normalized spacial score (nSPS) is 17.6. The van der Waals surface area contributed by atoms with Crippen LogP contribution in [0.2, 0.25) is 0 Å². The Morgan fingerprint density at radius 2 is 1.92 bits per heavy atom. The van der Waals surface area contributed by atoms with Crippen LogP contribution in [0.5, 0.6) is 0 Å². The molecule has 2 aromatic carbocycles. The second kappa shape index (κ2) is 7.62. The zero-order valence-corrected chi connectivity index (χ0v) is 14.6. The summed E-state index contributed by atoms with van der Waals surface area (Å²) >= 11 is 0. The lowest BCUT2D eigenvalue weighted by molar-refractivity contribution is 0.235. The van der Waals surface area contributed by atoms with Gasteiger partial charge in [-0.25, -0.2) is 4.79 Å². The molecule has 5 heteroatoms. The van der Waals surface area contributed by atoms with Gasteiger partial charge in [0.1, 0.15) is 0 Å². The van der Waals surface area contributed by atoms with Gasteiger partial charge in [0, 0.05) is 28.5 Å². The van der Waals surface area contributed by atoms with Crippen LogP contribution in [-0.4, -0.2) is 16.5 Å². The van der Waals surface area contributed by atoms with E-state index in [1.165, 1.54) is 11.1 Å². The maximum absolute atomic E-state index is 12.2. The van der Waals surface area contributed by atoms with Crippen LogP contribution in [0.15, 0.2) is 53.4 Å². The summed E-state index contributed by atoms with van der Waals surface area (Å²) in [5.74, 6) is 0. The van der Waals surface area contributed by atoms with Gasteiger partial charge < -0.3 is 10.6 Å². The van der Waals surface area contributed by atoms with Crippen LogP contribution in [0.25, 0.3) is 0 Å². The highest BCUT2D eigenvalue weighted by atomic mass is 32.2. The predicted octanol–water partition coefficient (Wildman–Crippen LogP) is 3.30. The Kier molecular flexibility index (Phi) is 5.30. The molecule has 0 saturated heterocycles. The Morgan fingerprint density at radius 1 is 1.17 bits per heavy atom. The van der Waals surface area contributed by atoms with Gasteiger partial charge in [0.2, 0.25) is 0 Å².